The number of hydrogen-bond donors (Lipinski definition) is 0. The second-order valence-electron chi connectivity index (χ2n) is 4.60. The van der Waals surface area contributed by atoms with E-state index in [2.05, 4.69) is 28.4 Å². The first kappa shape index (κ1) is 18.2. The normalized spacial score (nSPS) is 15.5. The fourth-order valence-corrected chi connectivity index (χ4v) is 3.26. The van der Waals surface area contributed by atoms with Crippen molar-refractivity contribution in [2.75, 3.05) is 20.3 Å². The van der Waals surface area contributed by atoms with Crippen LogP contribution in [0.3, 0.4) is 0 Å². The van der Waals surface area contributed by atoms with Crippen molar-refractivity contribution in [1.29, 1.82) is 0 Å². The van der Waals surface area contributed by atoms with Crippen LogP contribution in [0, 0.1) is 12.3 Å². The highest BCUT2D eigenvalue weighted by molar-refractivity contribution is 9.10. The Balaban J connectivity index is 2.36. The Morgan fingerprint density at radius 2 is 2.17 bits per heavy atom. The molecule has 0 atom stereocenters. The third-order valence-electron chi connectivity index (χ3n) is 3.07. The predicted molar refractivity (Wildman–Crippen MR) is 97.9 cm³/mol. The molecule has 0 N–H and O–H groups in total. The molecule has 2 amide bonds. The largest absolute Gasteiger partial charge is 0.493 e. The molecule has 124 valence electrons. The number of terminal acetylenes is 1. The molecular weight excluding hydrogens is 394 g/mol. The summed E-state index contributed by atoms with van der Waals surface area (Å²) in [4.78, 5) is 25.6. The molecule has 1 fully saturated rings. The summed E-state index contributed by atoms with van der Waals surface area (Å²) in [5, 5.41) is -0.316. The molecule has 7 heteroatoms. The second kappa shape index (κ2) is 8.08. The molecule has 2 rings (SSSR count). The number of carbonyl (C=O) groups is 2. The summed E-state index contributed by atoms with van der Waals surface area (Å²) >= 11 is 4.31. The van der Waals surface area contributed by atoms with Crippen molar-refractivity contribution < 1.29 is 19.1 Å². The molecule has 24 heavy (non-hydrogen) atoms. The van der Waals surface area contributed by atoms with Gasteiger partial charge in [-0.15, -0.1) is 13.0 Å². The molecule has 0 unspecified atom stereocenters. The molecule has 0 radical (unpaired) electrons. The molecule has 0 saturated carbocycles. The Morgan fingerprint density at radius 3 is 2.79 bits per heavy atom. The van der Waals surface area contributed by atoms with Crippen LogP contribution in [0.25, 0.3) is 6.08 Å². The fourth-order valence-electron chi connectivity index (χ4n) is 1.98. The number of nitrogens with zero attached hydrogens (tertiary/aromatic N) is 1. The third-order valence-corrected chi connectivity index (χ3v) is 4.66. The summed E-state index contributed by atoms with van der Waals surface area (Å²) in [6, 6.07) is 3.41. The van der Waals surface area contributed by atoms with Crippen LogP contribution in [-0.4, -0.2) is 36.3 Å². The highest BCUT2D eigenvalue weighted by atomic mass is 79.9. The van der Waals surface area contributed by atoms with Crippen molar-refractivity contribution in [2.24, 2.45) is 0 Å². The monoisotopic (exact) mass is 407 g/mol. The molecule has 1 aliphatic heterocycles. The Morgan fingerprint density at radius 1 is 1.42 bits per heavy atom. The number of halogens is 1. The topological polar surface area (TPSA) is 55.8 Å². The summed E-state index contributed by atoms with van der Waals surface area (Å²) in [7, 11) is 1.51. The maximum atomic E-state index is 12.3. The predicted octanol–water partition coefficient (Wildman–Crippen LogP) is 3.69. The molecule has 1 aliphatic rings. The van der Waals surface area contributed by atoms with E-state index in [1.54, 1.807) is 18.2 Å². The summed E-state index contributed by atoms with van der Waals surface area (Å²) < 4.78 is 11.4. The number of benzene rings is 1. The number of carbonyl (C=O) groups excluding carboxylic acids is 2. The fraction of sp³-hybridized carbons (Fsp3) is 0.176. The van der Waals surface area contributed by atoms with Crippen LogP contribution in [-0.2, 0) is 4.79 Å². The standard InChI is InChI=1S/C17H14BrNO4S/c1-4-6-19-16(20)15(24-17(19)21)9-11-8-13(22-3)14(10-12(11)18)23-7-5-2/h2,4,8-10H,1,6-7H2,3H3/b15-9-. The van der Waals surface area contributed by atoms with Crippen molar-refractivity contribution >= 4 is 44.9 Å². The minimum absolute atomic E-state index is 0.114. The van der Waals surface area contributed by atoms with Crippen molar-refractivity contribution in [3.05, 3.63) is 39.7 Å². The van der Waals surface area contributed by atoms with Gasteiger partial charge in [0, 0.05) is 11.0 Å². The van der Waals surface area contributed by atoms with Crippen LogP contribution in [0.2, 0.25) is 0 Å². The minimum atomic E-state index is -0.344. The van der Waals surface area contributed by atoms with Gasteiger partial charge in [0.15, 0.2) is 11.5 Å². The molecule has 1 aromatic rings. The molecule has 1 aromatic carbocycles. The number of thioether (sulfide) groups is 1. The molecule has 0 bridgehead atoms. The molecule has 5 nitrogen and oxygen atoms in total. The maximum Gasteiger partial charge on any atom is 0.293 e. The van der Waals surface area contributed by atoms with E-state index in [1.807, 2.05) is 0 Å². The lowest BCUT2D eigenvalue weighted by molar-refractivity contribution is -0.122. The van der Waals surface area contributed by atoms with Gasteiger partial charge in [-0.1, -0.05) is 27.9 Å². The van der Waals surface area contributed by atoms with Crippen molar-refractivity contribution in [3.8, 4) is 23.8 Å². The summed E-state index contributed by atoms with van der Waals surface area (Å²) in [5.74, 6) is 3.00. The number of rotatable bonds is 6. The zero-order chi connectivity index (χ0) is 17.7. The van der Waals surface area contributed by atoms with Crippen LogP contribution >= 0.6 is 27.7 Å². The van der Waals surface area contributed by atoms with Gasteiger partial charge in [0.1, 0.15) is 6.61 Å². The van der Waals surface area contributed by atoms with Crippen LogP contribution in [0.15, 0.2) is 34.2 Å². The highest BCUT2D eigenvalue weighted by Gasteiger charge is 2.34. The van der Waals surface area contributed by atoms with Crippen molar-refractivity contribution in [1.82, 2.24) is 4.90 Å². The molecular formula is C17H14BrNO4S. The summed E-state index contributed by atoms with van der Waals surface area (Å²) in [6.07, 6.45) is 8.33. The first-order valence-electron chi connectivity index (χ1n) is 6.81. The number of ether oxygens (including phenoxy) is 2. The molecule has 0 aliphatic carbocycles. The van der Waals surface area contributed by atoms with Crippen molar-refractivity contribution in [3.63, 3.8) is 0 Å². The van der Waals surface area contributed by atoms with Crippen LogP contribution in [0.5, 0.6) is 11.5 Å². The van der Waals surface area contributed by atoms with Crippen LogP contribution in [0.4, 0.5) is 4.79 Å². The lowest BCUT2D eigenvalue weighted by atomic mass is 10.2. The Labute approximate surface area is 152 Å². The zero-order valence-electron chi connectivity index (χ0n) is 12.9. The zero-order valence-corrected chi connectivity index (χ0v) is 15.3. The van der Waals surface area contributed by atoms with Gasteiger partial charge in [-0.2, -0.15) is 0 Å². The number of hydrogen-bond acceptors (Lipinski definition) is 5. The van der Waals surface area contributed by atoms with E-state index in [9.17, 15) is 9.59 Å². The van der Waals surface area contributed by atoms with Gasteiger partial charge in [0.25, 0.3) is 11.1 Å². The summed E-state index contributed by atoms with van der Waals surface area (Å²) in [5.41, 5.74) is 0.684. The average molecular weight is 408 g/mol. The number of methoxy groups -OCH3 is 1. The lowest BCUT2D eigenvalue weighted by Crippen LogP contribution is -2.27. The van der Waals surface area contributed by atoms with E-state index in [0.29, 0.717) is 26.4 Å². The average Bonchev–Trinajstić information content (AvgIpc) is 2.82. The molecule has 0 spiro atoms. The van der Waals surface area contributed by atoms with E-state index in [1.165, 1.54) is 13.2 Å². The summed E-state index contributed by atoms with van der Waals surface area (Å²) in [6.45, 7) is 3.85. The smallest absolute Gasteiger partial charge is 0.293 e. The third kappa shape index (κ3) is 3.83. The van der Waals surface area contributed by atoms with Crippen LogP contribution in [0.1, 0.15) is 5.56 Å². The van der Waals surface area contributed by atoms with Crippen LogP contribution < -0.4 is 9.47 Å². The SMILES string of the molecule is C#CCOc1cc(Br)c(/C=C2\SC(=O)N(CC=C)C2=O)cc1OC. The molecule has 0 aromatic heterocycles. The van der Waals surface area contributed by atoms with Gasteiger partial charge in [0.2, 0.25) is 0 Å². The van der Waals surface area contributed by atoms with E-state index in [4.69, 9.17) is 15.9 Å². The van der Waals surface area contributed by atoms with E-state index >= 15 is 0 Å². The molecule has 1 heterocycles. The van der Waals surface area contributed by atoms with E-state index in [0.717, 1.165) is 16.7 Å². The van der Waals surface area contributed by atoms with Gasteiger partial charge in [-0.3, -0.25) is 14.5 Å². The highest BCUT2D eigenvalue weighted by Crippen LogP contribution is 2.37. The van der Waals surface area contributed by atoms with Gasteiger partial charge in [-0.25, -0.2) is 0 Å². The van der Waals surface area contributed by atoms with Gasteiger partial charge in [-0.05, 0) is 35.5 Å². The van der Waals surface area contributed by atoms with E-state index in [-0.39, 0.29) is 24.3 Å². The minimum Gasteiger partial charge on any atom is -0.493 e. The number of imide groups is 1. The van der Waals surface area contributed by atoms with Crippen molar-refractivity contribution in [2.45, 2.75) is 0 Å². The van der Waals surface area contributed by atoms with Gasteiger partial charge < -0.3 is 9.47 Å². The second-order valence-corrected chi connectivity index (χ2v) is 6.45. The lowest BCUT2D eigenvalue weighted by Gasteiger charge is -2.11. The van der Waals surface area contributed by atoms with Gasteiger partial charge >= 0.3 is 0 Å². The number of amides is 2. The maximum absolute atomic E-state index is 12.3. The quantitative estimate of drug-likeness (QED) is 0.408. The Kier molecular flexibility index (Phi) is 6.12. The first-order chi connectivity index (χ1) is 11.5. The first-order valence-corrected chi connectivity index (χ1v) is 8.42. The Hall–Kier alpha value is -2.17. The van der Waals surface area contributed by atoms with Gasteiger partial charge in [0.05, 0.1) is 12.0 Å². The van der Waals surface area contributed by atoms with E-state index < -0.39 is 0 Å². The Bertz CT molecular complexity index is 767. The molecule has 1 saturated heterocycles.